The van der Waals surface area contributed by atoms with Crippen LogP contribution in [0.5, 0.6) is 5.75 Å². The molecule has 210 valence electrons. The van der Waals surface area contributed by atoms with Gasteiger partial charge in [0.1, 0.15) is 17.6 Å². The molecular formula is C28H26F4N4O4. The number of amides is 4. The zero-order valence-corrected chi connectivity index (χ0v) is 21.4. The van der Waals surface area contributed by atoms with E-state index < -0.39 is 41.4 Å². The third-order valence-corrected chi connectivity index (χ3v) is 6.39. The Labute approximate surface area is 227 Å². The first-order chi connectivity index (χ1) is 19.0. The molecule has 0 bridgehead atoms. The Bertz CT molecular complexity index is 1360. The zero-order chi connectivity index (χ0) is 28.9. The van der Waals surface area contributed by atoms with Gasteiger partial charge in [0.25, 0.3) is 5.91 Å². The molecule has 0 saturated carbocycles. The quantitative estimate of drug-likeness (QED) is 0.435. The molecule has 0 aliphatic carbocycles. The lowest BCUT2D eigenvalue weighted by molar-refractivity contribution is -0.137. The number of carbonyl (C=O) groups excluding carboxylic acids is 3. The molecular weight excluding hydrogens is 532 g/mol. The van der Waals surface area contributed by atoms with Gasteiger partial charge >= 0.3 is 12.2 Å². The van der Waals surface area contributed by atoms with Crippen molar-refractivity contribution in [2.75, 3.05) is 32.1 Å². The molecule has 1 saturated heterocycles. The minimum Gasteiger partial charge on any atom is -0.497 e. The fourth-order valence-corrected chi connectivity index (χ4v) is 4.23. The van der Waals surface area contributed by atoms with Crippen molar-refractivity contribution in [2.24, 2.45) is 0 Å². The highest BCUT2D eigenvalue weighted by molar-refractivity contribution is 5.98. The highest BCUT2D eigenvalue weighted by Crippen LogP contribution is 2.29. The van der Waals surface area contributed by atoms with Crippen LogP contribution in [0.25, 0.3) is 0 Å². The molecule has 1 unspecified atom stereocenters. The van der Waals surface area contributed by atoms with Crippen molar-refractivity contribution in [2.45, 2.75) is 18.8 Å². The van der Waals surface area contributed by atoms with E-state index in [2.05, 4.69) is 10.6 Å². The van der Waals surface area contributed by atoms with Crippen LogP contribution in [0.3, 0.4) is 0 Å². The van der Waals surface area contributed by atoms with Crippen LogP contribution in [-0.2, 0) is 17.5 Å². The summed E-state index contributed by atoms with van der Waals surface area (Å²) in [6.45, 7) is -0.0625. The summed E-state index contributed by atoms with van der Waals surface area (Å²) < 4.78 is 57.4. The summed E-state index contributed by atoms with van der Waals surface area (Å²) in [4.78, 5) is 42.2. The molecule has 0 spiro atoms. The van der Waals surface area contributed by atoms with E-state index in [-0.39, 0.29) is 31.7 Å². The minimum absolute atomic E-state index is 0.0252. The lowest BCUT2D eigenvalue weighted by Gasteiger charge is -2.40. The summed E-state index contributed by atoms with van der Waals surface area (Å²) >= 11 is 0. The number of ether oxygens (including phenoxy) is 1. The molecule has 0 radical (unpaired) electrons. The Morgan fingerprint density at radius 3 is 2.33 bits per heavy atom. The van der Waals surface area contributed by atoms with Crippen molar-refractivity contribution >= 4 is 23.5 Å². The molecule has 0 aromatic heterocycles. The molecule has 1 fully saturated rings. The average molecular weight is 559 g/mol. The molecule has 4 amide bonds. The van der Waals surface area contributed by atoms with Crippen LogP contribution in [0, 0.1) is 5.82 Å². The summed E-state index contributed by atoms with van der Waals surface area (Å²) in [6.07, 6.45) is -4.56. The fourth-order valence-electron chi connectivity index (χ4n) is 4.23. The van der Waals surface area contributed by atoms with Gasteiger partial charge in [-0.25, -0.2) is 9.18 Å². The molecule has 1 heterocycles. The van der Waals surface area contributed by atoms with Gasteiger partial charge in [0.2, 0.25) is 5.91 Å². The average Bonchev–Trinajstić information content (AvgIpc) is 2.96. The number of hydrogen-bond donors (Lipinski definition) is 2. The molecule has 1 aliphatic rings. The van der Waals surface area contributed by atoms with Gasteiger partial charge in [0.15, 0.2) is 0 Å². The van der Waals surface area contributed by atoms with E-state index in [1.807, 2.05) is 0 Å². The summed E-state index contributed by atoms with van der Waals surface area (Å²) in [5, 5.41) is 5.39. The SMILES string of the molecule is COc1cccc(CNC(=O)C2CN(C(=O)Nc3ccc(F)cc3)CCN2C(=O)c2ccc(C(F)(F)F)cc2)c1. The van der Waals surface area contributed by atoms with Crippen molar-refractivity contribution in [3.05, 3.63) is 95.3 Å². The molecule has 1 aliphatic heterocycles. The van der Waals surface area contributed by atoms with E-state index >= 15 is 0 Å². The molecule has 3 aromatic rings. The fraction of sp³-hybridized carbons (Fsp3) is 0.250. The maximum atomic E-state index is 13.3. The van der Waals surface area contributed by atoms with Crippen molar-refractivity contribution in [3.8, 4) is 5.75 Å². The van der Waals surface area contributed by atoms with Crippen LogP contribution in [0.4, 0.5) is 28.0 Å². The topological polar surface area (TPSA) is 91.0 Å². The second kappa shape index (κ2) is 12.1. The van der Waals surface area contributed by atoms with E-state index in [4.69, 9.17) is 4.74 Å². The third kappa shape index (κ3) is 6.87. The molecule has 4 rings (SSSR count). The first-order valence-corrected chi connectivity index (χ1v) is 12.3. The lowest BCUT2D eigenvalue weighted by atomic mass is 10.1. The van der Waals surface area contributed by atoms with E-state index in [0.29, 0.717) is 11.4 Å². The molecule has 3 aromatic carbocycles. The standard InChI is InChI=1S/C28H26F4N4O4/c1-40-23-4-2-3-18(15-23)16-33-25(37)24-17-35(27(39)34-22-11-9-21(29)10-12-22)13-14-36(24)26(38)19-5-7-20(8-6-19)28(30,31)32/h2-12,15,24H,13-14,16-17H2,1H3,(H,33,37)(H,34,39). The Balaban J connectivity index is 1.52. The van der Waals surface area contributed by atoms with Crippen molar-refractivity contribution in [3.63, 3.8) is 0 Å². The lowest BCUT2D eigenvalue weighted by Crippen LogP contribution is -2.62. The molecule has 1 atom stereocenters. The second-order valence-electron chi connectivity index (χ2n) is 9.04. The third-order valence-electron chi connectivity index (χ3n) is 6.39. The number of halogens is 4. The van der Waals surface area contributed by atoms with Gasteiger partial charge in [-0.05, 0) is 66.2 Å². The number of nitrogens with zero attached hydrogens (tertiary/aromatic N) is 2. The van der Waals surface area contributed by atoms with Gasteiger partial charge in [-0.2, -0.15) is 13.2 Å². The molecule has 40 heavy (non-hydrogen) atoms. The van der Waals surface area contributed by atoms with Gasteiger partial charge in [-0.3, -0.25) is 9.59 Å². The van der Waals surface area contributed by atoms with Crippen LogP contribution < -0.4 is 15.4 Å². The highest BCUT2D eigenvalue weighted by Gasteiger charge is 2.38. The number of carbonyl (C=O) groups is 3. The Hall–Kier alpha value is -4.61. The number of alkyl halides is 3. The number of anilines is 1. The van der Waals surface area contributed by atoms with E-state index in [9.17, 15) is 31.9 Å². The predicted molar refractivity (Wildman–Crippen MR) is 138 cm³/mol. The summed E-state index contributed by atoms with van der Waals surface area (Å²) in [5.41, 5.74) is 0.144. The Morgan fingerprint density at radius 2 is 1.68 bits per heavy atom. The van der Waals surface area contributed by atoms with Crippen LogP contribution in [-0.4, -0.2) is 60.4 Å². The van der Waals surface area contributed by atoms with Gasteiger partial charge in [-0.15, -0.1) is 0 Å². The number of piperazine rings is 1. The summed E-state index contributed by atoms with van der Waals surface area (Å²) in [7, 11) is 1.51. The monoisotopic (exact) mass is 558 g/mol. The van der Waals surface area contributed by atoms with E-state index in [0.717, 1.165) is 29.8 Å². The highest BCUT2D eigenvalue weighted by atomic mass is 19.4. The molecule has 12 heteroatoms. The number of methoxy groups -OCH3 is 1. The summed E-state index contributed by atoms with van der Waals surface area (Å²) in [5.74, 6) is -1.08. The first-order valence-electron chi connectivity index (χ1n) is 12.3. The van der Waals surface area contributed by atoms with E-state index in [1.165, 1.54) is 41.2 Å². The van der Waals surface area contributed by atoms with Crippen LogP contribution in [0.2, 0.25) is 0 Å². The predicted octanol–water partition coefficient (Wildman–Crippen LogP) is 4.53. The molecule has 8 nitrogen and oxygen atoms in total. The number of benzene rings is 3. The van der Waals surface area contributed by atoms with Gasteiger partial charge in [0.05, 0.1) is 19.2 Å². The second-order valence-corrected chi connectivity index (χ2v) is 9.04. The largest absolute Gasteiger partial charge is 0.497 e. The number of rotatable bonds is 6. The number of nitrogens with one attached hydrogen (secondary N) is 2. The van der Waals surface area contributed by atoms with Gasteiger partial charge in [0, 0.05) is 30.9 Å². The summed E-state index contributed by atoms with van der Waals surface area (Å²) in [6, 6.07) is 14.2. The minimum atomic E-state index is -4.56. The number of hydrogen-bond acceptors (Lipinski definition) is 4. The van der Waals surface area contributed by atoms with Crippen LogP contribution in [0.15, 0.2) is 72.8 Å². The van der Waals surface area contributed by atoms with Crippen molar-refractivity contribution in [1.29, 1.82) is 0 Å². The van der Waals surface area contributed by atoms with Crippen molar-refractivity contribution in [1.82, 2.24) is 15.1 Å². The van der Waals surface area contributed by atoms with Crippen LogP contribution in [0.1, 0.15) is 21.5 Å². The zero-order valence-electron chi connectivity index (χ0n) is 21.4. The first kappa shape index (κ1) is 28.4. The Morgan fingerprint density at radius 1 is 0.975 bits per heavy atom. The smallest absolute Gasteiger partial charge is 0.416 e. The van der Waals surface area contributed by atoms with E-state index in [1.54, 1.807) is 24.3 Å². The van der Waals surface area contributed by atoms with Crippen molar-refractivity contribution < 1.29 is 36.7 Å². The number of urea groups is 1. The molecule has 2 N–H and O–H groups in total. The Kier molecular flexibility index (Phi) is 8.56. The maximum absolute atomic E-state index is 13.3. The van der Waals surface area contributed by atoms with Gasteiger partial charge < -0.3 is 25.2 Å². The van der Waals surface area contributed by atoms with Crippen LogP contribution >= 0.6 is 0 Å². The van der Waals surface area contributed by atoms with Gasteiger partial charge in [-0.1, -0.05) is 12.1 Å². The normalized spacial score (nSPS) is 15.4. The maximum Gasteiger partial charge on any atom is 0.416 e.